The highest BCUT2D eigenvalue weighted by atomic mass is 16.5. The Hall–Kier alpha value is -1.81. The van der Waals surface area contributed by atoms with Crippen molar-refractivity contribution < 1.29 is 19.4 Å². The molecule has 0 heterocycles. The second kappa shape index (κ2) is 11.8. The molecule has 0 saturated heterocycles. The first-order valence-electron chi connectivity index (χ1n) is 7.86. The summed E-state index contributed by atoms with van der Waals surface area (Å²) in [6.45, 7) is 1.02. The van der Waals surface area contributed by atoms with E-state index >= 15 is 0 Å². The van der Waals surface area contributed by atoms with Crippen molar-refractivity contribution in [3.63, 3.8) is 0 Å². The van der Waals surface area contributed by atoms with Crippen LogP contribution < -0.4 is 4.74 Å². The Morgan fingerprint density at radius 2 is 1.68 bits per heavy atom. The molecule has 0 atom stereocenters. The zero-order valence-electron chi connectivity index (χ0n) is 13.3. The molecule has 0 unspecified atom stereocenters. The van der Waals surface area contributed by atoms with Gasteiger partial charge < -0.3 is 14.6 Å². The molecule has 0 amide bonds. The van der Waals surface area contributed by atoms with E-state index in [1.807, 2.05) is 24.3 Å². The number of hydrogen-bond donors (Lipinski definition) is 1. The highest BCUT2D eigenvalue weighted by molar-refractivity contribution is 5.86. The summed E-state index contributed by atoms with van der Waals surface area (Å²) in [5.41, 5.74) is 0.932. The normalized spacial score (nSPS) is 10.8. The summed E-state index contributed by atoms with van der Waals surface area (Å²) in [6.07, 6.45) is 9.71. The van der Waals surface area contributed by atoms with Crippen molar-refractivity contribution in [2.24, 2.45) is 0 Å². The molecule has 0 aliphatic rings. The third-order valence-electron chi connectivity index (χ3n) is 3.31. The monoisotopic (exact) mass is 306 g/mol. The Balaban J connectivity index is 2.16. The van der Waals surface area contributed by atoms with Crippen LogP contribution in [0.15, 0.2) is 30.3 Å². The fraction of sp³-hybridized carbons (Fsp3) is 0.500. The Morgan fingerprint density at radius 3 is 2.32 bits per heavy atom. The average Bonchev–Trinajstić information content (AvgIpc) is 2.56. The Bertz CT molecular complexity index is 437. The Labute approximate surface area is 132 Å². The van der Waals surface area contributed by atoms with Crippen LogP contribution >= 0.6 is 0 Å². The molecule has 0 aliphatic heterocycles. The number of esters is 1. The topological polar surface area (TPSA) is 55.8 Å². The maximum Gasteiger partial charge on any atom is 0.330 e. The van der Waals surface area contributed by atoms with Gasteiger partial charge in [0, 0.05) is 12.7 Å². The first-order chi connectivity index (χ1) is 10.8. The summed E-state index contributed by atoms with van der Waals surface area (Å²) in [5.74, 6) is 0.481. The van der Waals surface area contributed by atoms with E-state index in [0.29, 0.717) is 6.61 Å². The number of aliphatic hydroxyl groups excluding tert-OH is 1. The number of hydrogen-bond acceptors (Lipinski definition) is 4. The van der Waals surface area contributed by atoms with Crippen LogP contribution in [0.25, 0.3) is 6.08 Å². The third kappa shape index (κ3) is 8.47. The molecule has 22 heavy (non-hydrogen) atoms. The summed E-state index contributed by atoms with van der Waals surface area (Å²) in [4.78, 5) is 11.0. The lowest BCUT2D eigenvalue weighted by Crippen LogP contribution is -1.97. The number of benzene rings is 1. The average molecular weight is 306 g/mol. The van der Waals surface area contributed by atoms with Crippen molar-refractivity contribution in [1.82, 2.24) is 0 Å². The third-order valence-corrected chi connectivity index (χ3v) is 3.31. The molecule has 0 fully saturated rings. The van der Waals surface area contributed by atoms with Gasteiger partial charge >= 0.3 is 5.97 Å². The molecule has 0 bridgehead atoms. The van der Waals surface area contributed by atoms with Gasteiger partial charge in [0.05, 0.1) is 13.7 Å². The van der Waals surface area contributed by atoms with E-state index in [4.69, 9.17) is 9.84 Å². The lowest BCUT2D eigenvalue weighted by atomic mass is 10.1. The maximum absolute atomic E-state index is 11.0. The van der Waals surface area contributed by atoms with Gasteiger partial charge in [-0.2, -0.15) is 0 Å². The molecule has 1 aromatic rings. The molecular formula is C18H26O4. The van der Waals surface area contributed by atoms with Crippen LogP contribution in [0.2, 0.25) is 0 Å². The largest absolute Gasteiger partial charge is 0.494 e. The minimum atomic E-state index is -0.362. The van der Waals surface area contributed by atoms with Gasteiger partial charge in [-0.3, -0.25) is 0 Å². The van der Waals surface area contributed by atoms with Crippen molar-refractivity contribution >= 4 is 12.0 Å². The zero-order valence-corrected chi connectivity index (χ0v) is 13.3. The quantitative estimate of drug-likeness (QED) is 0.386. The highest BCUT2D eigenvalue weighted by Gasteiger charge is 1.96. The molecule has 4 nitrogen and oxygen atoms in total. The number of carbonyl (C=O) groups is 1. The predicted octanol–water partition coefficient (Wildman–Crippen LogP) is 3.58. The first-order valence-corrected chi connectivity index (χ1v) is 7.86. The van der Waals surface area contributed by atoms with Gasteiger partial charge in [0.25, 0.3) is 0 Å². The maximum atomic E-state index is 11.0. The number of methoxy groups -OCH3 is 1. The Morgan fingerprint density at radius 1 is 1.05 bits per heavy atom. The standard InChI is InChI=1S/C18H26O4/c1-21-18(20)13-10-16-8-11-17(12-9-16)22-15-7-5-3-2-4-6-14-19/h8-13,19H,2-7,14-15H2,1H3. The van der Waals surface area contributed by atoms with Crippen molar-refractivity contribution in [1.29, 1.82) is 0 Å². The lowest BCUT2D eigenvalue weighted by Gasteiger charge is -2.06. The SMILES string of the molecule is COC(=O)C=Cc1ccc(OCCCCCCCCO)cc1. The van der Waals surface area contributed by atoms with Gasteiger partial charge in [0.2, 0.25) is 0 Å². The van der Waals surface area contributed by atoms with E-state index in [9.17, 15) is 4.79 Å². The van der Waals surface area contributed by atoms with Crippen LogP contribution in [0.5, 0.6) is 5.75 Å². The van der Waals surface area contributed by atoms with Crippen molar-refractivity contribution in [2.45, 2.75) is 38.5 Å². The number of ether oxygens (including phenoxy) is 2. The Kier molecular flexibility index (Phi) is 9.79. The van der Waals surface area contributed by atoms with E-state index in [1.165, 1.54) is 26.0 Å². The summed E-state index contributed by atoms with van der Waals surface area (Å²) in [5, 5.41) is 8.68. The van der Waals surface area contributed by atoms with Gasteiger partial charge in [-0.25, -0.2) is 4.79 Å². The van der Waals surface area contributed by atoms with Gasteiger partial charge in [-0.15, -0.1) is 0 Å². The molecule has 1 N–H and O–H groups in total. The van der Waals surface area contributed by atoms with E-state index < -0.39 is 0 Å². The number of aliphatic hydroxyl groups is 1. The van der Waals surface area contributed by atoms with E-state index in [1.54, 1.807) is 6.08 Å². The number of unbranched alkanes of at least 4 members (excludes halogenated alkanes) is 5. The molecular weight excluding hydrogens is 280 g/mol. The fourth-order valence-corrected chi connectivity index (χ4v) is 2.02. The summed E-state index contributed by atoms with van der Waals surface area (Å²) in [6, 6.07) is 7.61. The first kappa shape index (κ1) is 18.2. The molecule has 1 rings (SSSR count). The van der Waals surface area contributed by atoms with Gasteiger partial charge in [0.1, 0.15) is 5.75 Å². The minimum absolute atomic E-state index is 0.300. The van der Waals surface area contributed by atoms with E-state index in [2.05, 4.69) is 4.74 Å². The van der Waals surface area contributed by atoms with Crippen LogP contribution in [0.1, 0.15) is 44.1 Å². The van der Waals surface area contributed by atoms with Crippen molar-refractivity contribution in [2.75, 3.05) is 20.3 Å². The predicted molar refractivity (Wildman–Crippen MR) is 87.8 cm³/mol. The van der Waals surface area contributed by atoms with Crippen LogP contribution in [0.3, 0.4) is 0 Å². The fourth-order valence-electron chi connectivity index (χ4n) is 2.02. The van der Waals surface area contributed by atoms with Crippen molar-refractivity contribution in [3.05, 3.63) is 35.9 Å². The molecule has 122 valence electrons. The van der Waals surface area contributed by atoms with Gasteiger partial charge in [-0.1, -0.05) is 37.8 Å². The van der Waals surface area contributed by atoms with Crippen molar-refractivity contribution in [3.8, 4) is 5.75 Å². The van der Waals surface area contributed by atoms with Crippen LogP contribution in [-0.2, 0) is 9.53 Å². The summed E-state index contributed by atoms with van der Waals surface area (Å²) in [7, 11) is 1.36. The molecule has 0 saturated carbocycles. The number of carbonyl (C=O) groups excluding carboxylic acids is 1. The van der Waals surface area contributed by atoms with E-state index in [-0.39, 0.29) is 5.97 Å². The van der Waals surface area contributed by atoms with Gasteiger partial charge in [-0.05, 0) is 36.6 Å². The second-order valence-electron chi connectivity index (χ2n) is 5.12. The molecule has 0 spiro atoms. The van der Waals surface area contributed by atoms with Crippen LogP contribution in [0, 0.1) is 0 Å². The number of rotatable bonds is 11. The molecule has 1 aromatic carbocycles. The minimum Gasteiger partial charge on any atom is -0.494 e. The molecule has 0 radical (unpaired) electrons. The molecule has 0 aromatic heterocycles. The smallest absolute Gasteiger partial charge is 0.330 e. The summed E-state index contributed by atoms with van der Waals surface area (Å²) >= 11 is 0. The summed E-state index contributed by atoms with van der Waals surface area (Å²) < 4.78 is 10.2. The zero-order chi connectivity index (χ0) is 16.0. The van der Waals surface area contributed by atoms with Crippen LogP contribution in [-0.4, -0.2) is 31.4 Å². The lowest BCUT2D eigenvalue weighted by molar-refractivity contribution is -0.134. The highest BCUT2D eigenvalue weighted by Crippen LogP contribution is 2.14. The van der Waals surface area contributed by atoms with E-state index in [0.717, 1.165) is 43.6 Å². The van der Waals surface area contributed by atoms with Gasteiger partial charge in [0.15, 0.2) is 0 Å². The molecule has 4 heteroatoms. The second-order valence-corrected chi connectivity index (χ2v) is 5.12. The van der Waals surface area contributed by atoms with Crippen LogP contribution in [0.4, 0.5) is 0 Å². The molecule has 0 aliphatic carbocycles.